The number of rotatable bonds is 3. The molecule has 0 unspecified atom stereocenters. The van der Waals surface area contributed by atoms with Gasteiger partial charge in [0.25, 0.3) is 0 Å². The van der Waals surface area contributed by atoms with E-state index in [-0.39, 0.29) is 5.92 Å². The van der Waals surface area contributed by atoms with Crippen molar-refractivity contribution in [3.05, 3.63) is 27.7 Å². The largest absolute Gasteiger partial charge is 0.493 e. The lowest BCUT2D eigenvalue weighted by Crippen LogP contribution is -2.32. The van der Waals surface area contributed by atoms with Gasteiger partial charge in [-0.25, -0.2) is 0 Å². The van der Waals surface area contributed by atoms with Crippen LogP contribution in [-0.2, 0) is 17.6 Å². The van der Waals surface area contributed by atoms with Gasteiger partial charge in [0, 0.05) is 28.8 Å². The van der Waals surface area contributed by atoms with Gasteiger partial charge in [-0.05, 0) is 43.6 Å². The first-order chi connectivity index (χ1) is 9.24. The van der Waals surface area contributed by atoms with E-state index < -0.39 is 0 Å². The van der Waals surface area contributed by atoms with E-state index in [1.807, 2.05) is 6.07 Å². The summed E-state index contributed by atoms with van der Waals surface area (Å²) in [6.45, 7) is 2.66. The second kappa shape index (κ2) is 5.63. The highest BCUT2D eigenvalue weighted by molar-refractivity contribution is 9.10. The predicted molar refractivity (Wildman–Crippen MR) is 77.6 cm³/mol. The third-order valence-electron chi connectivity index (χ3n) is 3.98. The fraction of sp³-hybridized carbons (Fsp3) is 0.533. The number of halogens is 1. The van der Waals surface area contributed by atoms with E-state index in [1.165, 1.54) is 5.56 Å². The van der Waals surface area contributed by atoms with Gasteiger partial charge in [0.15, 0.2) is 0 Å². The summed E-state index contributed by atoms with van der Waals surface area (Å²) in [6.07, 6.45) is 3.39. The molecule has 4 heteroatoms. The van der Waals surface area contributed by atoms with Crippen LogP contribution in [0.3, 0.4) is 0 Å². The van der Waals surface area contributed by atoms with E-state index in [2.05, 4.69) is 27.3 Å². The molecule has 102 valence electrons. The minimum atomic E-state index is 0.220. The molecule has 1 aromatic rings. The van der Waals surface area contributed by atoms with Crippen molar-refractivity contribution in [2.75, 3.05) is 19.7 Å². The van der Waals surface area contributed by atoms with E-state index in [9.17, 15) is 4.79 Å². The quantitative estimate of drug-likeness (QED) is 0.928. The zero-order valence-electron chi connectivity index (χ0n) is 10.9. The third-order valence-corrected chi connectivity index (χ3v) is 4.44. The molecule has 0 atom stereocenters. The molecule has 0 bridgehead atoms. The molecule has 0 spiro atoms. The van der Waals surface area contributed by atoms with E-state index >= 15 is 0 Å². The topological polar surface area (TPSA) is 38.3 Å². The maximum atomic E-state index is 12.4. The monoisotopic (exact) mass is 323 g/mol. The number of fused-ring (bicyclic) bond motifs is 1. The molecule has 1 fully saturated rings. The minimum Gasteiger partial charge on any atom is -0.493 e. The van der Waals surface area contributed by atoms with Crippen molar-refractivity contribution in [3.63, 3.8) is 0 Å². The molecule has 19 heavy (non-hydrogen) atoms. The Bertz CT molecular complexity index is 495. The van der Waals surface area contributed by atoms with Crippen LogP contribution in [0.2, 0.25) is 0 Å². The average molecular weight is 324 g/mol. The van der Waals surface area contributed by atoms with Crippen molar-refractivity contribution in [3.8, 4) is 5.75 Å². The van der Waals surface area contributed by atoms with Gasteiger partial charge in [-0.1, -0.05) is 15.9 Å². The minimum absolute atomic E-state index is 0.220. The molecule has 0 saturated carbocycles. The Morgan fingerprint density at radius 3 is 2.95 bits per heavy atom. The van der Waals surface area contributed by atoms with Crippen molar-refractivity contribution in [1.82, 2.24) is 5.32 Å². The highest BCUT2D eigenvalue weighted by atomic mass is 79.9. The zero-order chi connectivity index (χ0) is 13.2. The van der Waals surface area contributed by atoms with Gasteiger partial charge < -0.3 is 10.1 Å². The molecular weight excluding hydrogens is 306 g/mol. The summed E-state index contributed by atoms with van der Waals surface area (Å²) in [5, 5.41) is 3.30. The highest BCUT2D eigenvalue weighted by Gasteiger charge is 2.24. The van der Waals surface area contributed by atoms with Crippen molar-refractivity contribution >= 4 is 21.7 Å². The first-order valence-electron chi connectivity index (χ1n) is 6.91. The van der Waals surface area contributed by atoms with Gasteiger partial charge >= 0.3 is 0 Å². The highest BCUT2D eigenvalue weighted by Crippen LogP contribution is 2.34. The van der Waals surface area contributed by atoms with Gasteiger partial charge in [-0.3, -0.25) is 4.79 Å². The van der Waals surface area contributed by atoms with Crippen LogP contribution in [-0.4, -0.2) is 25.5 Å². The number of ether oxygens (including phenoxy) is 1. The lowest BCUT2D eigenvalue weighted by atomic mass is 9.89. The van der Waals surface area contributed by atoms with E-state index in [0.717, 1.165) is 54.7 Å². The summed E-state index contributed by atoms with van der Waals surface area (Å²) in [6, 6.07) is 4.13. The van der Waals surface area contributed by atoms with Crippen molar-refractivity contribution in [1.29, 1.82) is 0 Å². The molecule has 0 radical (unpaired) electrons. The van der Waals surface area contributed by atoms with E-state index in [0.29, 0.717) is 12.2 Å². The summed E-state index contributed by atoms with van der Waals surface area (Å²) < 4.78 is 6.73. The average Bonchev–Trinajstić information content (AvgIpc) is 2.88. The number of hydrogen-bond donors (Lipinski definition) is 1. The molecule has 1 saturated heterocycles. The Hall–Kier alpha value is -0.870. The molecule has 3 nitrogen and oxygen atoms in total. The number of nitrogens with one attached hydrogen (secondary N) is 1. The van der Waals surface area contributed by atoms with E-state index in [1.54, 1.807) is 0 Å². The van der Waals surface area contributed by atoms with Crippen LogP contribution < -0.4 is 10.1 Å². The first-order valence-corrected chi connectivity index (χ1v) is 7.71. The number of ketones is 1. The molecule has 2 heterocycles. The number of carbonyl (C=O) groups excluding carboxylic acids is 1. The van der Waals surface area contributed by atoms with Gasteiger partial charge in [0.2, 0.25) is 0 Å². The lowest BCUT2D eigenvalue weighted by molar-refractivity contribution is -0.122. The zero-order valence-corrected chi connectivity index (χ0v) is 12.5. The SMILES string of the molecule is O=C(Cc1cc(Br)cc2c1OCC2)C1CCNCC1. The molecule has 0 amide bonds. The Balaban J connectivity index is 1.77. The third kappa shape index (κ3) is 2.84. The standard InChI is InChI=1S/C15H18BrNO2/c16-13-7-11-3-6-19-15(11)12(8-13)9-14(18)10-1-4-17-5-2-10/h7-8,10,17H,1-6,9H2. The molecule has 3 rings (SSSR count). The maximum absolute atomic E-state index is 12.4. The second-order valence-corrected chi connectivity index (χ2v) is 6.23. The number of benzene rings is 1. The van der Waals surface area contributed by atoms with Crippen LogP contribution in [0.4, 0.5) is 0 Å². The van der Waals surface area contributed by atoms with Gasteiger partial charge in [0.05, 0.1) is 6.61 Å². The summed E-state index contributed by atoms with van der Waals surface area (Å²) in [5.74, 6) is 1.53. The predicted octanol–water partition coefficient (Wildman–Crippen LogP) is 2.50. The maximum Gasteiger partial charge on any atom is 0.140 e. The molecule has 0 aliphatic carbocycles. The number of carbonyl (C=O) groups is 1. The van der Waals surface area contributed by atoms with Crippen molar-refractivity contribution < 1.29 is 9.53 Å². The smallest absolute Gasteiger partial charge is 0.140 e. The Morgan fingerprint density at radius 1 is 1.37 bits per heavy atom. The Kier molecular flexibility index (Phi) is 3.89. The van der Waals surface area contributed by atoms with Gasteiger partial charge in [-0.15, -0.1) is 0 Å². The number of piperidine rings is 1. The van der Waals surface area contributed by atoms with Crippen LogP contribution in [0.15, 0.2) is 16.6 Å². The summed E-state index contributed by atoms with van der Waals surface area (Å²) in [5.41, 5.74) is 2.27. The Morgan fingerprint density at radius 2 is 2.16 bits per heavy atom. The molecule has 0 aromatic heterocycles. The summed E-state index contributed by atoms with van der Waals surface area (Å²) >= 11 is 3.52. The van der Waals surface area contributed by atoms with Crippen LogP contribution in [0.1, 0.15) is 24.0 Å². The van der Waals surface area contributed by atoms with Crippen LogP contribution in [0.25, 0.3) is 0 Å². The summed E-state index contributed by atoms with van der Waals surface area (Å²) in [7, 11) is 0. The van der Waals surface area contributed by atoms with Gasteiger partial charge in [-0.2, -0.15) is 0 Å². The molecule has 2 aliphatic rings. The molecular formula is C15H18BrNO2. The fourth-order valence-corrected chi connectivity index (χ4v) is 3.51. The molecule has 1 N–H and O–H groups in total. The first kappa shape index (κ1) is 13.1. The fourth-order valence-electron chi connectivity index (χ4n) is 2.95. The second-order valence-electron chi connectivity index (χ2n) is 5.32. The number of hydrogen-bond acceptors (Lipinski definition) is 3. The van der Waals surface area contributed by atoms with Crippen LogP contribution >= 0.6 is 15.9 Å². The Labute approximate surface area is 121 Å². The normalized spacial score (nSPS) is 19.0. The van der Waals surface area contributed by atoms with Crippen molar-refractivity contribution in [2.45, 2.75) is 25.7 Å². The van der Waals surface area contributed by atoms with Crippen molar-refractivity contribution in [2.24, 2.45) is 5.92 Å². The van der Waals surface area contributed by atoms with Crippen LogP contribution in [0, 0.1) is 5.92 Å². The number of Topliss-reactive ketones (excluding diaryl/α,β-unsaturated/α-hetero) is 1. The van der Waals surface area contributed by atoms with Crippen LogP contribution in [0.5, 0.6) is 5.75 Å². The van der Waals surface area contributed by atoms with Gasteiger partial charge in [0.1, 0.15) is 11.5 Å². The molecule has 1 aromatic carbocycles. The van der Waals surface area contributed by atoms with E-state index in [4.69, 9.17) is 4.74 Å². The summed E-state index contributed by atoms with van der Waals surface area (Å²) in [4.78, 5) is 12.4. The lowest BCUT2D eigenvalue weighted by Gasteiger charge is -2.21. The molecule has 2 aliphatic heterocycles.